The van der Waals surface area contributed by atoms with Crippen molar-refractivity contribution in [2.75, 3.05) is 50.6 Å². The van der Waals surface area contributed by atoms with E-state index in [4.69, 9.17) is 33.3 Å². The van der Waals surface area contributed by atoms with Gasteiger partial charge in [-0.1, -0.05) is 17.7 Å². The summed E-state index contributed by atoms with van der Waals surface area (Å²) in [4.78, 5) is 34.6. The Morgan fingerprint density at radius 2 is 1.84 bits per heavy atom. The lowest BCUT2D eigenvalue weighted by Crippen LogP contribution is -2.49. The normalized spacial score (nSPS) is 17.1. The predicted molar refractivity (Wildman–Crippen MR) is 146 cm³/mol. The average Bonchev–Trinajstić information content (AvgIpc) is 3.24. The van der Waals surface area contributed by atoms with Crippen molar-refractivity contribution in [3.8, 4) is 11.5 Å². The van der Waals surface area contributed by atoms with Gasteiger partial charge in [-0.2, -0.15) is 0 Å². The molecule has 9 nitrogen and oxygen atoms in total. The molecule has 0 radical (unpaired) electrons. The maximum absolute atomic E-state index is 13.1. The molecule has 0 spiro atoms. The molecule has 1 aromatic heterocycles. The van der Waals surface area contributed by atoms with Crippen LogP contribution in [0.4, 0.5) is 11.5 Å². The molecule has 2 aliphatic rings. The maximum atomic E-state index is 13.1. The second-order valence-electron chi connectivity index (χ2n) is 9.18. The van der Waals surface area contributed by atoms with E-state index in [0.717, 1.165) is 24.3 Å². The van der Waals surface area contributed by atoms with Crippen molar-refractivity contribution < 1.29 is 19.1 Å². The number of nitrogens with one attached hydrogen (secondary N) is 1. The third-order valence-electron chi connectivity index (χ3n) is 7.05. The van der Waals surface area contributed by atoms with Crippen LogP contribution in [-0.4, -0.2) is 66.7 Å². The first-order valence-corrected chi connectivity index (χ1v) is 12.9. The second-order valence-corrected chi connectivity index (χ2v) is 9.98. The molecule has 2 aromatic carbocycles. The van der Waals surface area contributed by atoms with Crippen LogP contribution in [0, 0.1) is 11.7 Å². The Balaban J connectivity index is 1.29. The van der Waals surface area contributed by atoms with Crippen LogP contribution in [0.25, 0.3) is 10.9 Å². The summed E-state index contributed by atoms with van der Waals surface area (Å²) in [6.07, 6.45) is 0.569. The molecule has 11 heteroatoms. The minimum absolute atomic E-state index is 0.0235. The summed E-state index contributed by atoms with van der Waals surface area (Å²) in [5, 5.41) is 4.33. The van der Waals surface area contributed by atoms with Gasteiger partial charge in [-0.15, -0.1) is 0 Å². The largest absolute Gasteiger partial charge is 0.493 e. The number of hydrogen-bond donors (Lipinski definition) is 1. The lowest BCUT2D eigenvalue weighted by Gasteiger charge is -2.37. The number of carbonyl (C=O) groups is 2. The van der Waals surface area contributed by atoms with Crippen LogP contribution in [0.5, 0.6) is 11.5 Å². The fourth-order valence-electron chi connectivity index (χ4n) is 5.07. The Morgan fingerprint density at radius 3 is 2.54 bits per heavy atom. The molecule has 1 unspecified atom stereocenters. The quantitative estimate of drug-likeness (QED) is 0.464. The topological polar surface area (TPSA) is 88.9 Å². The van der Waals surface area contributed by atoms with Crippen molar-refractivity contribution in [3.63, 3.8) is 0 Å². The van der Waals surface area contributed by atoms with Crippen LogP contribution >= 0.6 is 23.8 Å². The molecule has 0 aliphatic carbocycles. The number of aromatic nitrogens is 2. The number of methoxy groups -OCH3 is 2. The zero-order chi connectivity index (χ0) is 26.3. The molecule has 1 N–H and O–H groups in total. The highest BCUT2D eigenvalue weighted by molar-refractivity contribution is 7.71. The molecule has 3 heterocycles. The Labute approximate surface area is 224 Å². The first-order chi connectivity index (χ1) is 17.8. The Hall–Kier alpha value is -3.37. The molecule has 1 fully saturated rings. The molecule has 5 rings (SSSR count). The smallest absolute Gasteiger partial charge is 0.248 e. The fraction of sp³-hybridized carbons (Fsp3) is 0.385. The molecule has 37 heavy (non-hydrogen) atoms. The lowest BCUT2D eigenvalue weighted by atomic mass is 10.1. The van der Waals surface area contributed by atoms with Gasteiger partial charge in [0.2, 0.25) is 16.6 Å². The minimum atomic E-state index is -0.605. The first-order valence-electron chi connectivity index (χ1n) is 12.1. The number of amides is 2. The van der Waals surface area contributed by atoms with Gasteiger partial charge in [0.15, 0.2) is 11.5 Å². The number of anilines is 2. The number of rotatable bonds is 6. The summed E-state index contributed by atoms with van der Waals surface area (Å²) >= 11 is 11.7. The molecule has 0 saturated carbocycles. The second kappa shape index (κ2) is 10.2. The van der Waals surface area contributed by atoms with Crippen LogP contribution in [0.15, 0.2) is 30.3 Å². The molecule has 0 bridgehead atoms. The third kappa shape index (κ3) is 4.71. The van der Waals surface area contributed by atoms with Crippen LogP contribution < -0.4 is 19.7 Å². The van der Waals surface area contributed by atoms with Gasteiger partial charge >= 0.3 is 0 Å². The molecule has 1 saturated heterocycles. The summed E-state index contributed by atoms with van der Waals surface area (Å²) in [7, 11) is 3.10. The highest BCUT2D eigenvalue weighted by Crippen LogP contribution is 2.39. The number of ether oxygens (including phenoxy) is 2. The average molecular weight is 542 g/mol. The summed E-state index contributed by atoms with van der Waals surface area (Å²) in [6, 6.07) is 8.77. The number of fused-ring (bicyclic) bond motifs is 3. The zero-order valence-corrected chi connectivity index (χ0v) is 22.5. The fourth-order valence-corrected chi connectivity index (χ4v) is 5.55. The summed E-state index contributed by atoms with van der Waals surface area (Å²) in [6.45, 7) is 4.75. The van der Waals surface area contributed by atoms with Crippen molar-refractivity contribution in [2.24, 2.45) is 0 Å². The van der Waals surface area contributed by atoms with E-state index in [1.165, 1.54) is 0 Å². The molecular formula is C26H28ClN5O4S. The summed E-state index contributed by atoms with van der Waals surface area (Å²) in [5.74, 6) is 1.43. The maximum Gasteiger partial charge on any atom is 0.248 e. The van der Waals surface area contributed by atoms with Crippen molar-refractivity contribution in [1.29, 1.82) is 0 Å². The predicted octanol–water partition coefficient (Wildman–Crippen LogP) is 4.37. The molecule has 2 amide bonds. The Morgan fingerprint density at radius 1 is 1.14 bits per heavy atom. The minimum Gasteiger partial charge on any atom is -0.493 e. The Kier molecular flexibility index (Phi) is 6.96. The van der Waals surface area contributed by atoms with E-state index in [1.54, 1.807) is 30.9 Å². The van der Waals surface area contributed by atoms with Crippen LogP contribution in [0.1, 0.15) is 24.4 Å². The van der Waals surface area contributed by atoms with Crippen molar-refractivity contribution >= 4 is 58.0 Å². The van der Waals surface area contributed by atoms with E-state index >= 15 is 0 Å². The van der Waals surface area contributed by atoms with Crippen LogP contribution in [-0.2, 0) is 9.59 Å². The van der Waals surface area contributed by atoms with Gasteiger partial charge < -0.3 is 24.6 Å². The van der Waals surface area contributed by atoms with Gasteiger partial charge in [0.1, 0.15) is 11.9 Å². The van der Waals surface area contributed by atoms with Crippen LogP contribution in [0.2, 0.25) is 5.02 Å². The van der Waals surface area contributed by atoms with E-state index in [-0.39, 0.29) is 23.0 Å². The van der Waals surface area contributed by atoms with Gasteiger partial charge in [-0.3, -0.25) is 14.2 Å². The van der Waals surface area contributed by atoms with E-state index in [1.807, 2.05) is 23.1 Å². The van der Waals surface area contributed by atoms with E-state index in [9.17, 15) is 9.59 Å². The Bertz CT molecular complexity index is 1450. The number of hydrogen-bond acceptors (Lipinski definition) is 7. The lowest BCUT2D eigenvalue weighted by molar-refractivity contribution is -0.131. The van der Waals surface area contributed by atoms with Crippen molar-refractivity contribution in [1.82, 2.24) is 14.5 Å². The number of halogens is 1. The number of benzene rings is 2. The highest BCUT2D eigenvalue weighted by Gasteiger charge is 2.33. The molecular weight excluding hydrogens is 514 g/mol. The standard InChI is InChI=1S/C26H28ClN5O4S/c1-15-4-5-16(27)12-20(15)30-8-10-31(11-9-30)23(33)7-6-19-25(34)29-24-17-13-21(35-2)22(36-3)14-18(17)28-26(37)32(19)24/h4-5,12-14,19H,6-11H2,1-3H3,(H,29,34). The van der Waals surface area contributed by atoms with E-state index < -0.39 is 6.04 Å². The van der Waals surface area contributed by atoms with Gasteiger partial charge in [0.25, 0.3) is 0 Å². The van der Waals surface area contributed by atoms with Gasteiger partial charge in [0, 0.05) is 54.8 Å². The third-order valence-corrected chi connectivity index (χ3v) is 7.57. The SMILES string of the molecule is COc1cc2nc(=S)n3c(c2cc1OC)NC(=O)C3CCC(=O)N1CCN(c2cc(Cl)ccc2C)CC1. The highest BCUT2D eigenvalue weighted by atomic mass is 35.5. The van der Waals surface area contributed by atoms with Crippen molar-refractivity contribution in [2.45, 2.75) is 25.8 Å². The van der Waals surface area contributed by atoms with E-state index in [2.05, 4.69) is 22.1 Å². The van der Waals surface area contributed by atoms with E-state index in [0.29, 0.717) is 52.8 Å². The zero-order valence-electron chi connectivity index (χ0n) is 20.9. The van der Waals surface area contributed by atoms with Crippen molar-refractivity contribution in [3.05, 3.63) is 45.7 Å². The molecule has 194 valence electrons. The monoisotopic (exact) mass is 541 g/mol. The number of piperazine rings is 1. The van der Waals surface area contributed by atoms with Gasteiger partial charge in [-0.25, -0.2) is 4.98 Å². The number of aryl methyl sites for hydroxylation is 1. The summed E-state index contributed by atoms with van der Waals surface area (Å²) < 4.78 is 12.8. The molecule has 2 aliphatic heterocycles. The number of carbonyl (C=O) groups excluding carboxylic acids is 2. The van der Waals surface area contributed by atoms with Crippen LogP contribution in [0.3, 0.4) is 0 Å². The first kappa shape index (κ1) is 25.3. The molecule has 1 atom stereocenters. The number of nitrogens with zero attached hydrogens (tertiary/aromatic N) is 4. The van der Waals surface area contributed by atoms with Gasteiger partial charge in [0.05, 0.1) is 19.7 Å². The summed E-state index contributed by atoms with van der Waals surface area (Å²) in [5.41, 5.74) is 2.85. The van der Waals surface area contributed by atoms with Gasteiger partial charge in [-0.05, 0) is 49.3 Å². The molecule has 3 aromatic rings.